The molecule has 0 saturated carbocycles. The highest BCUT2D eigenvalue weighted by molar-refractivity contribution is 9.10. The molecule has 1 aliphatic rings. The number of carbonyl (C=O) groups excluding carboxylic acids is 1. The Morgan fingerprint density at radius 3 is 2.89 bits per heavy atom. The van der Waals surface area contributed by atoms with Gasteiger partial charge in [0.1, 0.15) is 5.82 Å². The molecule has 2 rings (SSSR count). The van der Waals surface area contributed by atoms with Gasteiger partial charge in [0.15, 0.2) is 0 Å². The highest BCUT2D eigenvalue weighted by Crippen LogP contribution is 2.17. The summed E-state index contributed by atoms with van der Waals surface area (Å²) in [5.41, 5.74) is 3.36. The summed E-state index contributed by atoms with van der Waals surface area (Å²) in [5, 5.41) is 4.76. The van der Waals surface area contributed by atoms with Crippen LogP contribution in [0.15, 0.2) is 16.7 Å². The predicted molar refractivity (Wildman–Crippen MR) is 71.3 cm³/mol. The number of nitrogens with zero attached hydrogens (tertiary/aromatic N) is 2. The minimum atomic E-state index is -0.171. The lowest BCUT2D eigenvalue weighted by Crippen LogP contribution is -2.48. The average molecular weight is 315 g/mol. The van der Waals surface area contributed by atoms with Gasteiger partial charge in [-0.1, -0.05) is 0 Å². The van der Waals surface area contributed by atoms with Gasteiger partial charge in [-0.15, -0.1) is 0 Å². The summed E-state index contributed by atoms with van der Waals surface area (Å²) in [7, 11) is 1.74. The van der Waals surface area contributed by atoms with E-state index in [1.54, 1.807) is 19.3 Å². The Morgan fingerprint density at radius 2 is 2.22 bits per heavy atom. The fourth-order valence-corrected chi connectivity index (χ4v) is 2.02. The molecule has 1 saturated heterocycles. The number of rotatable bonds is 3. The molecule has 2 N–H and O–H groups in total. The molecule has 2 heterocycles. The first-order chi connectivity index (χ1) is 8.70. The maximum atomic E-state index is 12.2. The van der Waals surface area contributed by atoms with Gasteiger partial charge in [0.2, 0.25) is 0 Å². The number of aromatic nitrogens is 1. The predicted octanol–water partition coefficient (Wildman–Crippen LogP) is 0.863. The zero-order valence-electron chi connectivity index (χ0n) is 10.1. The highest BCUT2D eigenvalue weighted by Gasteiger charge is 2.17. The molecule has 6 nitrogen and oxygen atoms in total. The van der Waals surface area contributed by atoms with Crippen LogP contribution in [0.5, 0.6) is 0 Å². The number of amides is 1. The molecule has 1 fully saturated rings. The number of carbonyl (C=O) groups is 1. The lowest BCUT2D eigenvalue weighted by Gasteiger charge is -2.27. The van der Waals surface area contributed by atoms with E-state index in [0.717, 1.165) is 4.47 Å². The van der Waals surface area contributed by atoms with Gasteiger partial charge in [-0.05, 0) is 22.0 Å². The summed E-state index contributed by atoms with van der Waals surface area (Å²) >= 11 is 3.32. The van der Waals surface area contributed by atoms with Gasteiger partial charge in [0, 0.05) is 30.8 Å². The fourth-order valence-electron chi connectivity index (χ4n) is 1.69. The van der Waals surface area contributed by atoms with E-state index in [9.17, 15) is 4.79 Å². The second-order valence-electron chi connectivity index (χ2n) is 3.84. The minimum Gasteiger partial charge on any atom is -0.379 e. The molecule has 1 aliphatic heterocycles. The molecule has 0 aromatic carbocycles. The first kappa shape index (κ1) is 13.3. The van der Waals surface area contributed by atoms with E-state index in [2.05, 4.69) is 31.7 Å². The van der Waals surface area contributed by atoms with Crippen LogP contribution in [-0.2, 0) is 4.74 Å². The molecule has 0 atom stereocenters. The molecular formula is C11H15BrN4O2. The Balaban J connectivity index is 2.09. The summed E-state index contributed by atoms with van der Waals surface area (Å²) in [6.07, 6.45) is 1.65. The maximum Gasteiger partial charge on any atom is 0.269 e. The number of halogens is 1. The molecule has 1 aromatic rings. The fraction of sp³-hybridized carbons (Fsp3) is 0.455. The number of anilines is 1. The van der Waals surface area contributed by atoms with Crippen molar-refractivity contribution in [1.29, 1.82) is 0 Å². The van der Waals surface area contributed by atoms with Crippen molar-refractivity contribution in [3.8, 4) is 0 Å². The standard InChI is InChI=1S/C11H15BrN4O2/c1-13-10-9(6-8(12)7-14-10)11(17)15-16-2-4-18-5-3-16/h6-7H,2-5H2,1H3,(H,13,14)(H,15,17). The smallest absolute Gasteiger partial charge is 0.269 e. The first-order valence-electron chi connectivity index (χ1n) is 5.67. The Kier molecular flexibility index (Phi) is 4.51. The average Bonchev–Trinajstić information content (AvgIpc) is 2.40. The number of hydrogen-bond acceptors (Lipinski definition) is 5. The third kappa shape index (κ3) is 3.18. The van der Waals surface area contributed by atoms with Crippen LogP contribution in [0.2, 0.25) is 0 Å². The summed E-state index contributed by atoms with van der Waals surface area (Å²) < 4.78 is 6.00. The van der Waals surface area contributed by atoms with Crippen LogP contribution in [0.3, 0.4) is 0 Å². The molecule has 18 heavy (non-hydrogen) atoms. The van der Waals surface area contributed by atoms with Crippen LogP contribution in [0.4, 0.5) is 5.82 Å². The van der Waals surface area contributed by atoms with E-state index in [1.807, 2.05) is 5.01 Å². The van der Waals surface area contributed by atoms with Crippen LogP contribution >= 0.6 is 15.9 Å². The Morgan fingerprint density at radius 1 is 1.50 bits per heavy atom. The van der Waals surface area contributed by atoms with Crippen LogP contribution in [-0.4, -0.2) is 49.3 Å². The van der Waals surface area contributed by atoms with Crippen molar-refractivity contribution in [3.05, 3.63) is 22.3 Å². The first-order valence-corrected chi connectivity index (χ1v) is 6.47. The van der Waals surface area contributed by atoms with Gasteiger partial charge in [-0.25, -0.2) is 9.99 Å². The maximum absolute atomic E-state index is 12.2. The zero-order valence-corrected chi connectivity index (χ0v) is 11.7. The van der Waals surface area contributed by atoms with Gasteiger partial charge < -0.3 is 10.1 Å². The number of pyridine rings is 1. The van der Waals surface area contributed by atoms with Crippen molar-refractivity contribution < 1.29 is 9.53 Å². The van der Waals surface area contributed by atoms with Crippen LogP contribution in [0.25, 0.3) is 0 Å². The van der Waals surface area contributed by atoms with E-state index >= 15 is 0 Å². The lowest BCUT2D eigenvalue weighted by atomic mass is 10.2. The number of morpholine rings is 1. The van der Waals surface area contributed by atoms with E-state index in [0.29, 0.717) is 37.7 Å². The molecular weight excluding hydrogens is 300 g/mol. The second kappa shape index (κ2) is 6.12. The Bertz CT molecular complexity index is 435. The normalized spacial score (nSPS) is 16.3. The largest absolute Gasteiger partial charge is 0.379 e. The summed E-state index contributed by atoms with van der Waals surface area (Å²) in [4.78, 5) is 16.3. The number of hydrazine groups is 1. The van der Waals surface area contributed by atoms with E-state index in [1.165, 1.54) is 0 Å². The highest BCUT2D eigenvalue weighted by atomic mass is 79.9. The molecule has 7 heteroatoms. The van der Waals surface area contributed by atoms with Crippen molar-refractivity contribution in [1.82, 2.24) is 15.4 Å². The quantitative estimate of drug-likeness (QED) is 0.866. The summed E-state index contributed by atoms with van der Waals surface area (Å²) in [6, 6.07) is 1.74. The number of hydrogen-bond donors (Lipinski definition) is 2. The molecule has 0 spiro atoms. The third-order valence-electron chi connectivity index (χ3n) is 2.61. The van der Waals surface area contributed by atoms with E-state index in [4.69, 9.17) is 4.74 Å². The van der Waals surface area contributed by atoms with Crippen molar-refractivity contribution in [2.45, 2.75) is 0 Å². The molecule has 98 valence electrons. The molecule has 1 amide bonds. The van der Waals surface area contributed by atoms with Gasteiger partial charge in [-0.2, -0.15) is 0 Å². The van der Waals surface area contributed by atoms with Crippen LogP contribution < -0.4 is 10.7 Å². The number of nitrogens with one attached hydrogen (secondary N) is 2. The molecule has 0 bridgehead atoms. The van der Waals surface area contributed by atoms with Gasteiger partial charge in [-0.3, -0.25) is 10.2 Å². The van der Waals surface area contributed by atoms with Gasteiger partial charge in [0.25, 0.3) is 5.91 Å². The zero-order chi connectivity index (χ0) is 13.0. The lowest BCUT2D eigenvalue weighted by molar-refractivity contribution is 0.0126. The van der Waals surface area contributed by atoms with Gasteiger partial charge >= 0.3 is 0 Å². The van der Waals surface area contributed by atoms with Crippen molar-refractivity contribution in [2.75, 3.05) is 38.7 Å². The SMILES string of the molecule is CNc1ncc(Br)cc1C(=O)NN1CCOCC1. The second-order valence-corrected chi connectivity index (χ2v) is 4.76. The molecule has 0 radical (unpaired) electrons. The monoisotopic (exact) mass is 314 g/mol. The summed E-state index contributed by atoms with van der Waals surface area (Å²) in [6.45, 7) is 2.66. The Hall–Kier alpha value is -1.18. The molecule has 1 aromatic heterocycles. The third-order valence-corrected chi connectivity index (χ3v) is 3.04. The Labute approximate surface area is 114 Å². The molecule has 0 aliphatic carbocycles. The van der Waals surface area contributed by atoms with E-state index in [-0.39, 0.29) is 5.91 Å². The topological polar surface area (TPSA) is 66.5 Å². The molecule has 0 unspecified atom stereocenters. The van der Waals surface area contributed by atoms with Gasteiger partial charge in [0.05, 0.1) is 18.8 Å². The van der Waals surface area contributed by atoms with Crippen LogP contribution in [0, 0.1) is 0 Å². The minimum absolute atomic E-state index is 0.171. The van der Waals surface area contributed by atoms with Crippen molar-refractivity contribution in [2.24, 2.45) is 0 Å². The van der Waals surface area contributed by atoms with Crippen LogP contribution in [0.1, 0.15) is 10.4 Å². The number of ether oxygens (including phenoxy) is 1. The van der Waals surface area contributed by atoms with E-state index < -0.39 is 0 Å². The summed E-state index contributed by atoms with van der Waals surface area (Å²) in [5.74, 6) is 0.388. The van der Waals surface area contributed by atoms with Crippen molar-refractivity contribution in [3.63, 3.8) is 0 Å². The van der Waals surface area contributed by atoms with Crippen molar-refractivity contribution >= 4 is 27.7 Å².